The quantitative estimate of drug-likeness (QED) is 0.627. The van der Waals surface area contributed by atoms with Crippen LogP contribution in [0.1, 0.15) is 20.3 Å². The van der Waals surface area contributed by atoms with E-state index >= 15 is 0 Å². The standard InChI is InChI=1S/C10H17NO3/c1-10(2)5-7(10)9(13)11(3)6-8(12)14-4/h7H,5-6H2,1-4H3. The molecule has 0 spiro atoms. The first-order chi connectivity index (χ1) is 6.38. The van der Waals surface area contributed by atoms with Crippen molar-refractivity contribution >= 4 is 11.9 Å². The van der Waals surface area contributed by atoms with Crippen molar-refractivity contribution in [3.8, 4) is 0 Å². The maximum Gasteiger partial charge on any atom is 0.325 e. The molecule has 1 atom stereocenters. The number of likely N-dealkylation sites (N-methyl/N-ethyl adjacent to an activating group) is 1. The molecule has 0 radical (unpaired) electrons. The number of ether oxygens (including phenoxy) is 1. The normalized spacial score (nSPS) is 22.7. The summed E-state index contributed by atoms with van der Waals surface area (Å²) in [7, 11) is 2.95. The van der Waals surface area contributed by atoms with Gasteiger partial charge in [0.25, 0.3) is 0 Å². The Balaban J connectivity index is 2.42. The maximum atomic E-state index is 11.7. The largest absolute Gasteiger partial charge is 0.468 e. The van der Waals surface area contributed by atoms with Gasteiger partial charge in [0.1, 0.15) is 6.54 Å². The second kappa shape index (κ2) is 3.59. The molecule has 80 valence electrons. The highest BCUT2D eigenvalue weighted by atomic mass is 16.5. The Morgan fingerprint density at radius 1 is 1.50 bits per heavy atom. The fourth-order valence-corrected chi connectivity index (χ4v) is 1.49. The van der Waals surface area contributed by atoms with Gasteiger partial charge in [-0.1, -0.05) is 13.8 Å². The summed E-state index contributed by atoms with van der Waals surface area (Å²) in [5.41, 5.74) is 0.113. The number of hydrogen-bond donors (Lipinski definition) is 0. The van der Waals surface area contributed by atoms with Crippen LogP contribution in [0.25, 0.3) is 0 Å². The zero-order valence-corrected chi connectivity index (χ0v) is 9.16. The molecule has 1 fully saturated rings. The lowest BCUT2D eigenvalue weighted by Crippen LogP contribution is -2.34. The summed E-state index contributed by atoms with van der Waals surface area (Å²) >= 11 is 0. The van der Waals surface area contributed by atoms with Crippen LogP contribution in [0, 0.1) is 11.3 Å². The smallest absolute Gasteiger partial charge is 0.325 e. The number of esters is 1. The van der Waals surface area contributed by atoms with Crippen LogP contribution in [-0.2, 0) is 14.3 Å². The van der Waals surface area contributed by atoms with Crippen molar-refractivity contribution in [2.75, 3.05) is 20.7 Å². The zero-order valence-electron chi connectivity index (χ0n) is 9.16. The van der Waals surface area contributed by atoms with Gasteiger partial charge in [0.05, 0.1) is 7.11 Å². The molecule has 14 heavy (non-hydrogen) atoms. The van der Waals surface area contributed by atoms with E-state index in [0.29, 0.717) is 0 Å². The predicted molar refractivity (Wildman–Crippen MR) is 51.5 cm³/mol. The van der Waals surface area contributed by atoms with E-state index < -0.39 is 0 Å². The van der Waals surface area contributed by atoms with Gasteiger partial charge in [-0.25, -0.2) is 0 Å². The average Bonchev–Trinajstić information content (AvgIpc) is 2.73. The highest BCUT2D eigenvalue weighted by molar-refractivity contribution is 5.85. The van der Waals surface area contributed by atoms with Crippen LogP contribution in [-0.4, -0.2) is 37.5 Å². The highest BCUT2D eigenvalue weighted by Gasteiger charge is 2.51. The molecular formula is C10H17NO3. The first-order valence-corrected chi connectivity index (χ1v) is 4.70. The van der Waals surface area contributed by atoms with Gasteiger partial charge in [0.2, 0.25) is 5.91 Å². The van der Waals surface area contributed by atoms with Crippen LogP contribution < -0.4 is 0 Å². The lowest BCUT2D eigenvalue weighted by Gasteiger charge is -2.16. The van der Waals surface area contributed by atoms with Crippen molar-refractivity contribution in [3.63, 3.8) is 0 Å². The van der Waals surface area contributed by atoms with Crippen molar-refractivity contribution in [3.05, 3.63) is 0 Å². The number of nitrogens with zero attached hydrogens (tertiary/aromatic N) is 1. The summed E-state index contributed by atoms with van der Waals surface area (Å²) in [6.45, 7) is 4.16. The van der Waals surface area contributed by atoms with Gasteiger partial charge in [-0.05, 0) is 11.8 Å². The van der Waals surface area contributed by atoms with Crippen molar-refractivity contribution in [2.45, 2.75) is 20.3 Å². The lowest BCUT2D eigenvalue weighted by molar-refractivity contribution is -0.146. The van der Waals surface area contributed by atoms with E-state index in [0.717, 1.165) is 6.42 Å². The van der Waals surface area contributed by atoms with Crippen molar-refractivity contribution in [1.29, 1.82) is 0 Å². The van der Waals surface area contributed by atoms with Crippen LogP contribution in [0.15, 0.2) is 0 Å². The minimum atomic E-state index is -0.376. The van der Waals surface area contributed by atoms with Gasteiger partial charge in [-0.2, -0.15) is 0 Å². The molecule has 4 heteroatoms. The second-order valence-electron chi connectivity index (χ2n) is 4.52. The van der Waals surface area contributed by atoms with E-state index in [2.05, 4.69) is 18.6 Å². The van der Waals surface area contributed by atoms with Crippen molar-refractivity contribution in [1.82, 2.24) is 4.90 Å². The molecule has 1 saturated carbocycles. The van der Waals surface area contributed by atoms with E-state index in [4.69, 9.17) is 0 Å². The van der Waals surface area contributed by atoms with Gasteiger partial charge in [-0.15, -0.1) is 0 Å². The van der Waals surface area contributed by atoms with Crippen LogP contribution in [0.2, 0.25) is 0 Å². The lowest BCUT2D eigenvalue weighted by atomic mass is 10.1. The van der Waals surface area contributed by atoms with Crippen LogP contribution in [0.4, 0.5) is 0 Å². The summed E-state index contributed by atoms with van der Waals surface area (Å²) < 4.78 is 4.49. The first kappa shape index (κ1) is 11.0. The van der Waals surface area contributed by atoms with Gasteiger partial charge >= 0.3 is 5.97 Å². The maximum absolute atomic E-state index is 11.7. The topological polar surface area (TPSA) is 46.6 Å². The van der Waals surface area contributed by atoms with Gasteiger partial charge in [-0.3, -0.25) is 9.59 Å². The minimum Gasteiger partial charge on any atom is -0.468 e. The number of carbonyl (C=O) groups excluding carboxylic acids is 2. The van der Waals surface area contributed by atoms with Gasteiger partial charge < -0.3 is 9.64 Å². The Kier molecular flexibility index (Phi) is 2.83. The first-order valence-electron chi connectivity index (χ1n) is 4.70. The number of carbonyl (C=O) groups is 2. The van der Waals surface area contributed by atoms with E-state index in [1.165, 1.54) is 12.0 Å². The number of methoxy groups -OCH3 is 1. The van der Waals surface area contributed by atoms with Crippen molar-refractivity contribution in [2.24, 2.45) is 11.3 Å². The molecule has 1 aliphatic rings. The Morgan fingerprint density at radius 3 is 2.36 bits per heavy atom. The third-order valence-corrected chi connectivity index (χ3v) is 2.78. The summed E-state index contributed by atoms with van der Waals surface area (Å²) in [5, 5.41) is 0. The molecule has 0 aliphatic heterocycles. The second-order valence-corrected chi connectivity index (χ2v) is 4.52. The van der Waals surface area contributed by atoms with Crippen LogP contribution >= 0.6 is 0 Å². The molecule has 1 amide bonds. The Morgan fingerprint density at radius 2 is 2.00 bits per heavy atom. The molecule has 0 aromatic heterocycles. The Hall–Kier alpha value is -1.06. The van der Waals surface area contributed by atoms with E-state index in [1.807, 2.05) is 0 Å². The number of rotatable bonds is 3. The Labute approximate surface area is 84.2 Å². The van der Waals surface area contributed by atoms with Crippen molar-refractivity contribution < 1.29 is 14.3 Å². The molecular weight excluding hydrogens is 182 g/mol. The van der Waals surface area contributed by atoms with Gasteiger partial charge in [0.15, 0.2) is 0 Å². The molecule has 1 unspecified atom stereocenters. The molecule has 1 aliphatic carbocycles. The third-order valence-electron chi connectivity index (χ3n) is 2.78. The number of amides is 1. The monoisotopic (exact) mass is 199 g/mol. The van der Waals surface area contributed by atoms with E-state index in [-0.39, 0.29) is 29.8 Å². The summed E-state index contributed by atoms with van der Waals surface area (Å²) in [5.74, 6) is -0.253. The van der Waals surface area contributed by atoms with Gasteiger partial charge in [0, 0.05) is 13.0 Å². The molecule has 0 saturated heterocycles. The molecule has 0 heterocycles. The molecule has 1 rings (SSSR count). The molecule has 0 bridgehead atoms. The summed E-state index contributed by atoms with van der Waals surface area (Å²) in [6, 6.07) is 0. The molecule has 4 nitrogen and oxygen atoms in total. The third kappa shape index (κ3) is 2.25. The fraction of sp³-hybridized carbons (Fsp3) is 0.800. The molecule has 0 aromatic rings. The minimum absolute atomic E-state index is 0.0420. The number of hydrogen-bond acceptors (Lipinski definition) is 3. The van der Waals surface area contributed by atoms with Crippen LogP contribution in [0.3, 0.4) is 0 Å². The van der Waals surface area contributed by atoms with E-state index in [9.17, 15) is 9.59 Å². The molecule has 0 aromatic carbocycles. The molecule has 0 N–H and O–H groups in total. The van der Waals surface area contributed by atoms with Crippen LogP contribution in [0.5, 0.6) is 0 Å². The zero-order chi connectivity index (χ0) is 10.9. The summed E-state index contributed by atoms with van der Waals surface area (Å²) in [6.07, 6.45) is 0.914. The fourth-order valence-electron chi connectivity index (χ4n) is 1.49. The Bertz CT molecular complexity index is 260. The highest BCUT2D eigenvalue weighted by Crippen LogP contribution is 2.52. The summed E-state index contributed by atoms with van der Waals surface area (Å²) in [4.78, 5) is 24.0. The average molecular weight is 199 g/mol. The van der Waals surface area contributed by atoms with E-state index in [1.54, 1.807) is 7.05 Å². The SMILES string of the molecule is COC(=O)CN(C)C(=O)C1CC1(C)C. The predicted octanol–water partition coefficient (Wildman–Crippen LogP) is 0.664.